The fourth-order valence-corrected chi connectivity index (χ4v) is 4.25. The second-order valence-corrected chi connectivity index (χ2v) is 8.00. The van der Waals surface area contributed by atoms with E-state index in [2.05, 4.69) is 51.8 Å². The molecule has 4 rings (SSSR count). The van der Waals surface area contributed by atoms with Crippen molar-refractivity contribution in [2.24, 2.45) is 0 Å². The number of hydrogen-bond acceptors (Lipinski definition) is 5. The summed E-state index contributed by atoms with van der Waals surface area (Å²) in [5.74, 6) is 1.44. The molecule has 0 N–H and O–H groups in total. The van der Waals surface area contributed by atoms with Crippen LogP contribution in [0.1, 0.15) is 30.3 Å². The van der Waals surface area contributed by atoms with Crippen molar-refractivity contribution in [3.63, 3.8) is 0 Å². The first kappa shape index (κ1) is 19.4. The van der Waals surface area contributed by atoms with Crippen LogP contribution in [0.2, 0.25) is 0 Å². The average molecular weight is 406 g/mol. The molecule has 6 nitrogen and oxygen atoms in total. The van der Waals surface area contributed by atoms with Crippen molar-refractivity contribution in [3.05, 3.63) is 75.8 Å². The molecule has 29 heavy (non-hydrogen) atoms. The van der Waals surface area contributed by atoms with E-state index in [0.29, 0.717) is 11.4 Å². The molecule has 0 fully saturated rings. The van der Waals surface area contributed by atoms with Gasteiger partial charge in [-0.1, -0.05) is 48.5 Å². The first-order valence-corrected chi connectivity index (χ1v) is 10.7. The van der Waals surface area contributed by atoms with Gasteiger partial charge in [0.25, 0.3) is 5.56 Å². The third-order valence-electron chi connectivity index (χ3n) is 4.72. The molecule has 4 aromatic rings. The molecule has 0 radical (unpaired) electrons. The van der Waals surface area contributed by atoms with Crippen molar-refractivity contribution in [2.45, 2.75) is 44.6 Å². The molecule has 0 aliphatic rings. The van der Waals surface area contributed by atoms with Crippen LogP contribution in [0.3, 0.4) is 0 Å². The Labute approximate surface area is 173 Å². The maximum atomic E-state index is 12.5. The highest BCUT2D eigenvalue weighted by Crippen LogP contribution is 2.26. The van der Waals surface area contributed by atoms with E-state index in [1.54, 1.807) is 22.2 Å². The van der Waals surface area contributed by atoms with Crippen molar-refractivity contribution >= 4 is 17.4 Å². The number of aromatic nitrogens is 5. The SMILES string of the molecule is CCCn1c(SCc2cc(=O)n3c(C)cccc3n2)nnc1-c1cccc(C)c1. The second-order valence-electron chi connectivity index (χ2n) is 7.06. The molecule has 0 spiro atoms. The summed E-state index contributed by atoms with van der Waals surface area (Å²) in [6.45, 7) is 6.96. The first-order chi connectivity index (χ1) is 14.1. The van der Waals surface area contributed by atoms with Gasteiger partial charge in [0.1, 0.15) is 5.65 Å². The van der Waals surface area contributed by atoms with Gasteiger partial charge >= 0.3 is 0 Å². The van der Waals surface area contributed by atoms with Gasteiger partial charge in [0.2, 0.25) is 0 Å². The molecule has 0 atom stereocenters. The summed E-state index contributed by atoms with van der Waals surface area (Å²) in [5, 5.41) is 9.71. The highest BCUT2D eigenvalue weighted by molar-refractivity contribution is 7.98. The molecule has 0 bridgehead atoms. The van der Waals surface area contributed by atoms with Crippen LogP contribution in [0.5, 0.6) is 0 Å². The van der Waals surface area contributed by atoms with E-state index in [0.717, 1.165) is 40.9 Å². The highest BCUT2D eigenvalue weighted by atomic mass is 32.2. The van der Waals surface area contributed by atoms with E-state index in [9.17, 15) is 4.79 Å². The zero-order valence-corrected chi connectivity index (χ0v) is 17.6. The Balaban J connectivity index is 1.63. The summed E-state index contributed by atoms with van der Waals surface area (Å²) in [6.07, 6.45) is 0.985. The van der Waals surface area contributed by atoms with Gasteiger partial charge in [0, 0.05) is 29.6 Å². The fourth-order valence-electron chi connectivity index (χ4n) is 3.39. The molecule has 1 aromatic carbocycles. The Hall–Kier alpha value is -2.93. The topological polar surface area (TPSA) is 65.1 Å². The molecule has 3 aromatic heterocycles. The zero-order chi connectivity index (χ0) is 20.4. The van der Waals surface area contributed by atoms with Gasteiger partial charge in [-0.25, -0.2) is 4.98 Å². The molecular weight excluding hydrogens is 382 g/mol. The number of pyridine rings is 1. The van der Waals surface area contributed by atoms with Gasteiger partial charge in [-0.05, 0) is 38.5 Å². The number of nitrogens with zero attached hydrogens (tertiary/aromatic N) is 5. The minimum atomic E-state index is -0.0563. The van der Waals surface area contributed by atoms with Gasteiger partial charge in [0.15, 0.2) is 11.0 Å². The van der Waals surface area contributed by atoms with E-state index in [4.69, 9.17) is 0 Å². The third-order valence-corrected chi connectivity index (χ3v) is 5.72. The van der Waals surface area contributed by atoms with Crippen LogP contribution < -0.4 is 5.56 Å². The number of hydrogen-bond donors (Lipinski definition) is 0. The maximum absolute atomic E-state index is 12.5. The Bertz CT molecular complexity index is 1230. The monoisotopic (exact) mass is 405 g/mol. The van der Waals surface area contributed by atoms with Gasteiger partial charge in [-0.2, -0.15) is 0 Å². The second kappa shape index (κ2) is 8.21. The van der Waals surface area contributed by atoms with E-state index < -0.39 is 0 Å². The summed E-state index contributed by atoms with van der Waals surface area (Å²) in [5.41, 5.74) is 4.50. The Morgan fingerprint density at radius 3 is 2.66 bits per heavy atom. The molecule has 0 saturated carbocycles. The first-order valence-electron chi connectivity index (χ1n) is 9.68. The molecule has 0 saturated heterocycles. The van der Waals surface area contributed by atoms with Crippen LogP contribution in [-0.2, 0) is 12.3 Å². The number of fused-ring (bicyclic) bond motifs is 1. The van der Waals surface area contributed by atoms with Crippen LogP contribution >= 0.6 is 11.8 Å². The van der Waals surface area contributed by atoms with E-state index in [1.165, 1.54) is 5.56 Å². The molecular formula is C22H23N5OS. The smallest absolute Gasteiger partial charge is 0.258 e. The minimum Gasteiger partial charge on any atom is -0.302 e. The number of rotatable bonds is 6. The summed E-state index contributed by atoms with van der Waals surface area (Å²) >= 11 is 1.56. The lowest BCUT2D eigenvalue weighted by atomic mass is 10.1. The van der Waals surface area contributed by atoms with Crippen molar-refractivity contribution in [2.75, 3.05) is 0 Å². The number of thioether (sulfide) groups is 1. The molecule has 0 unspecified atom stereocenters. The van der Waals surface area contributed by atoms with Gasteiger partial charge in [-0.3, -0.25) is 9.20 Å². The zero-order valence-electron chi connectivity index (χ0n) is 16.8. The summed E-state index contributed by atoms with van der Waals surface area (Å²) in [6, 6.07) is 15.6. The summed E-state index contributed by atoms with van der Waals surface area (Å²) < 4.78 is 3.78. The van der Waals surface area contributed by atoms with E-state index in [-0.39, 0.29) is 5.56 Å². The van der Waals surface area contributed by atoms with Gasteiger partial charge in [-0.15, -0.1) is 10.2 Å². The molecule has 148 valence electrons. The third kappa shape index (κ3) is 3.96. The van der Waals surface area contributed by atoms with Crippen LogP contribution in [0, 0.1) is 13.8 Å². The Morgan fingerprint density at radius 2 is 1.86 bits per heavy atom. The van der Waals surface area contributed by atoms with Gasteiger partial charge < -0.3 is 4.57 Å². The van der Waals surface area contributed by atoms with Crippen LogP contribution in [0.25, 0.3) is 17.0 Å². The average Bonchev–Trinajstić information content (AvgIpc) is 3.09. The van der Waals surface area contributed by atoms with Crippen LogP contribution in [0.4, 0.5) is 0 Å². The quantitative estimate of drug-likeness (QED) is 0.448. The maximum Gasteiger partial charge on any atom is 0.258 e. The Kier molecular flexibility index (Phi) is 5.49. The molecule has 3 heterocycles. The summed E-state index contributed by atoms with van der Waals surface area (Å²) in [7, 11) is 0. The van der Waals surface area contributed by atoms with Crippen molar-refractivity contribution in [1.82, 2.24) is 24.1 Å². The van der Waals surface area contributed by atoms with Crippen molar-refractivity contribution in [1.29, 1.82) is 0 Å². The Morgan fingerprint density at radius 1 is 1.03 bits per heavy atom. The molecule has 0 aliphatic carbocycles. The van der Waals surface area contributed by atoms with Crippen molar-refractivity contribution < 1.29 is 0 Å². The van der Waals surface area contributed by atoms with Crippen LogP contribution in [0.15, 0.2) is 58.5 Å². The molecule has 7 heteroatoms. The van der Waals surface area contributed by atoms with Crippen LogP contribution in [-0.4, -0.2) is 24.1 Å². The molecule has 0 amide bonds. The number of aryl methyl sites for hydroxylation is 2. The lowest BCUT2D eigenvalue weighted by molar-refractivity contribution is 0.626. The lowest BCUT2D eigenvalue weighted by Crippen LogP contribution is -2.17. The van der Waals surface area contributed by atoms with E-state index in [1.807, 2.05) is 31.2 Å². The van der Waals surface area contributed by atoms with E-state index >= 15 is 0 Å². The normalized spacial score (nSPS) is 11.3. The largest absolute Gasteiger partial charge is 0.302 e. The lowest BCUT2D eigenvalue weighted by Gasteiger charge is -2.10. The van der Waals surface area contributed by atoms with Gasteiger partial charge in [0.05, 0.1) is 5.69 Å². The summed E-state index contributed by atoms with van der Waals surface area (Å²) in [4.78, 5) is 17.2. The predicted molar refractivity (Wildman–Crippen MR) is 116 cm³/mol. The number of benzene rings is 1. The standard InChI is InChI=1S/C22H23N5OS/c1-4-11-26-21(17-9-5-7-15(2)12-17)24-25-22(26)29-14-18-13-20(28)27-16(3)8-6-10-19(27)23-18/h5-10,12-13H,4,11,14H2,1-3H3. The molecule has 0 aliphatic heterocycles. The fraction of sp³-hybridized carbons (Fsp3) is 0.273. The highest BCUT2D eigenvalue weighted by Gasteiger charge is 2.15. The minimum absolute atomic E-state index is 0.0563. The predicted octanol–water partition coefficient (Wildman–Crippen LogP) is 4.27. The van der Waals surface area contributed by atoms with Crippen molar-refractivity contribution in [3.8, 4) is 11.4 Å².